The summed E-state index contributed by atoms with van der Waals surface area (Å²) < 4.78 is 12.1. The van der Waals surface area contributed by atoms with E-state index >= 15 is 0 Å². The summed E-state index contributed by atoms with van der Waals surface area (Å²) in [6, 6.07) is 8.00. The van der Waals surface area contributed by atoms with Crippen LogP contribution in [-0.4, -0.2) is 16.3 Å². The maximum Gasteiger partial charge on any atom is 0.264 e. The van der Waals surface area contributed by atoms with Crippen molar-refractivity contribution in [2.75, 3.05) is 0 Å². The minimum atomic E-state index is -0.322. The molecule has 3 heteroatoms. The fourth-order valence-electron chi connectivity index (χ4n) is 2.85. The number of ether oxygens (including phenoxy) is 2. The molecule has 0 N–H and O–H groups in total. The van der Waals surface area contributed by atoms with Crippen LogP contribution in [0.3, 0.4) is 0 Å². The van der Waals surface area contributed by atoms with E-state index in [1.807, 2.05) is 36.0 Å². The van der Waals surface area contributed by atoms with Crippen LogP contribution in [-0.2, 0) is 0 Å². The molecule has 0 amide bonds. The molecule has 3 aliphatic rings. The third-order valence-electron chi connectivity index (χ3n) is 3.52. The standard InChI is InChI=1S/C12H12O2S/c1-2-4-10-9(3-1)13-12(14-10)7-8-5-6-11(12)15-8/h1-4,8,11H,5-7H2. The van der Waals surface area contributed by atoms with E-state index in [4.69, 9.17) is 9.47 Å². The summed E-state index contributed by atoms with van der Waals surface area (Å²) in [6.45, 7) is 0. The number of rotatable bonds is 0. The topological polar surface area (TPSA) is 18.5 Å². The Bertz CT molecular complexity index is 393. The van der Waals surface area contributed by atoms with Gasteiger partial charge in [-0.25, -0.2) is 0 Å². The molecule has 2 fully saturated rings. The number of fused-ring (bicyclic) bond motifs is 4. The van der Waals surface area contributed by atoms with Gasteiger partial charge in [-0.05, 0) is 25.0 Å². The van der Waals surface area contributed by atoms with Gasteiger partial charge in [0.25, 0.3) is 5.79 Å². The predicted octanol–water partition coefficient (Wildman–Crippen LogP) is 2.82. The summed E-state index contributed by atoms with van der Waals surface area (Å²) in [7, 11) is 0. The van der Waals surface area contributed by atoms with Crippen molar-refractivity contribution in [2.45, 2.75) is 35.5 Å². The summed E-state index contributed by atoms with van der Waals surface area (Å²) in [5, 5.41) is 1.29. The molecule has 1 spiro atoms. The monoisotopic (exact) mass is 220 g/mol. The summed E-state index contributed by atoms with van der Waals surface area (Å²) in [5.41, 5.74) is 0. The third kappa shape index (κ3) is 1.02. The number of hydrogen-bond acceptors (Lipinski definition) is 3. The number of benzene rings is 1. The molecule has 0 aromatic heterocycles. The first-order valence-corrected chi connectivity index (χ1v) is 6.43. The molecule has 2 atom stereocenters. The molecule has 0 saturated carbocycles. The predicted molar refractivity (Wildman–Crippen MR) is 59.4 cm³/mol. The second-order valence-electron chi connectivity index (χ2n) is 4.49. The summed E-state index contributed by atoms with van der Waals surface area (Å²) in [5.74, 6) is 1.52. The van der Waals surface area contributed by atoms with Crippen molar-refractivity contribution in [1.82, 2.24) is 0 Å². The molecule has 1 aromatic rings. The minimum absolute atomic E-state index is 0.322. The van der Waals surface area contributed by atoms with Gasteiger partial charge in [-0.2, -0.15) is 0 Å². The quantitative estimate of drug-likeness (QED) is 0.670. The lowest BCUT2D eigenvalue weighted by molar-refractivity contribution is -0.0887. The Morgan fingerprint density at radius 1 is 1.13 bits per heavy atom. The summed E-state index contributed by atoms with van der Waals surface area (Å²) >= 11 is 2.05. The molecular formula is C12H12O2S. The van der Waals surface area contributed by atoms with E-state index < -0.39 is 0 Å². The molecule has 3 heterocycles. The second kappa shape index (κ2) is 2.64. The lowest BCUT2D eigenvalue weighted by atomic mass is 9.94. The van der Waals surface area contributed by atoms with Crippen molar-refractivity contribution >= 4 is 11.8 Å². The molecule has 2 saturated heterocycles. The normalized spacial score (nSPS) is 33.9. The van der Waals surface area contributed by atoms with E-state index in [1.54, 1.807) is 0 Å². The second-order valence-corrected chi connectivity index (χ2v) is 6.00. The van der Waals surface area contributed by atoms with E-state index in [0.717, 1.165) is 23.2 Å². The number of hydrogen-bond donors (Lipinski definition) is 0. The van der Waals surface area contributed by atoms with Crippen LogP contribution in [0.4, 0.5) is 0 Å². The van der Waals surface area contributed by atoms with Crippen molar-refractivity contribution in [3.05, 3.63) is 24.3 Å². The van der Waals surface area contributed by atoms with Crippen LogP contribution in [0, 0.1) is 0 Å². The molecule has 4 rings (SSSR count). The van der Waals surface area contributed by atoms with Crippen molar-refractivity contribution < 1.29 is 9.47 Å². The Hall–Kier alpha value is -0.830. The fraction of sp³-hybridized carbons (Fsp3) is 0.500. The van der Waals surface area contributed by atoms with Gasteiger partial charge in [0, 0.05) is 11.7 Å². The first-order valence-electron chi connectivity index (χ1n) is 5.48. The zero-order valence-electron chi connectivity index (χ0n) is 8.31. The van der Waals surface area contributed by atoms with E-state index in [9.17, 15) is 0 Å². The van der Waals surface area contributed by atoms with E-state index in [0.29, 0.717) is 5.25 Å². The Balaban J connectivity index is 1.74. The molecule has 2 unspecified atom stereocenters. The van der Waals surface area contributed by atoms with Crippen LogP contribution in [0.5, 0.6) is 11.5 Å². The van der Waals surface area contributed by atoms with Crippen molar-refractivity contribution in [1.29, 1.82) is 0 Å². The molecule has 2 nitrogen and oxygen atoms in total. The van der Waals surface area contributed by atoms with Crippen LogP contribution in [0.1, 0.15) is 19.3 Å². The minimum Gasteiger partial charge on any atom is -0.447 e. The van der Waals surface area contributed by atoms with Crippen molar-refractivity contribution in [3.63, 3.8) is 0 Å². The Morgan fingerprint density at radius 2 is 1.87 bits per heavy atom. The number of thioether (sulfide) groups is 1. The van der Waals surface area contributed by atoms with E-state index in [-0.39, 0.29) is 5.79 Å². The highest BCUT2D eigenvalue weighted by molar-refractivity contribution is 8.01. The average Bonchev–Trinajstić information content (AvgIpc) is 2.89. The van der Waals surface area contributed by atoms with Gasteiger partial charge in [-0.15, -0.1) is 11.8 Å². The smallest absolute Gasteiger partial charge is 0.264 e. The Kier molecular flexibility index (Phi) is 1.47. The van der Waals surface area contributed by atoms with Gasteiger partial charge in [0.15, 0.2) is 11.5 Å². The van der Waals surface area contributed by atoms with Gasteiger partial charge in [0.2, 0.25) is 0 Å². The van der Waals surface area contributed by atoms with Crippen LogP contribution in [0.2, 0.25) is 0 Å². The van der Waals surface area contributed by atoms with Gasteiger partial charge in [0.05, 0.1) is 5.25 Å². The van der Waals surface area contributed by atoms with Gasteiger partial charge in [0.1, 0.15) is 0 Å². The third-order valence-corrected chi connectivity index (χ3v) is 5.24. The maximum atomic E-state index is 6.05. The van der Waals surface area contributed by atoms with Gasteiger partial charge in [-0.1, -0.05) is 12.1 Å². The zero-order chi connectivity index (χ0) is 9.88. The zero-order valence-corrected chi connectivity index (χ0v) is 9.13. The van der Waals surface area contributed by atoms with Crippen molar-refractivity contribution in [2.24, 2.45) is 0 Å². The molecule has 78 valence electrons. The maximum absolute atomic E-state index is 6.05. The lowest BCUT2D eigenvalue weighted by Gasteiger charge is -2.30. The number of para-hydroxylation sites is 2. The summed E-state index contributed by atoms with van der Waals surface area (Å²) in [6.07, 6.45) is 3.63. The molecule has 0 radical (unpaired) electrons. The SMILES string of the molecule is c1ccc2c(c1)OC1(CC3CCC1S3)O2. The van der Waals surface area contributed by atoms with Crippen LogP contribution >= 0.6 is 11.8 Å². The molecule has 15 heavy (non-hydrogen) atoms. The molecule has 0 aliphatic carbocycles. The Morgan fingerprint density at radius 3 is 2.40 bits per heavy atom. The van der Waals surface area contributed by atoms with Crippen LogP contribution in [0.25, 0.3) is 0 Å². The fourth-order valence-corrected chi connectivity index (χ4v) is 4.59. The highest BCUT2D eigenvalue weighted by atomic mass is 32.2. The highest BCUT2D eigenvalue weighted by Crippen LogP contribution is 2.57. The first kappa shape index (κ1) is 8.34. The van der Waals surface area contributed by atoms with E-state index in [2.05, 4.69) is 0 Å². The molecule has 3 aliphatic heterocycles. The van der Waals surface area contributed by atoms with Crippen molar-refractivity contribution in [3.8, 4) is 11.5 Å². The Labute approximate surface area is 93.0 Å². The largest absolute Gasteiger partial charge is 0.447 e. The summed E-state index contributed by atoms with van der Waals surface area (Å²) in [4.78, 5) is 0. The van der Waals surface area contributed by atoms with E-state index in [1.165, 1.54) is 12.8 Å². The average molecular weight is 220 g/mol. The van der Waals surface area contributed by atoms with Gasteiger partial charge < -0.3 is 9.47 Å². The first-order chi connectivity index (χ1) is 7.36. The van der Waals surface area contributed by atoms with Crippen LogP contribution in [0.15, 0.2) is 24.3 Å². The highest BCUT2D eigenvalue weighted by Gasteiger charge is 2.58. The molecule has 1 aromatic carbocycles. The lowest BCUT2D eigenvalue weighted by Crippen LogP contribution is -2.46. The van der Waals surface area contributed by atoms with Crippen LogP contribution < -0.4 is 9.47 Å². The van der Waals surface area contributed by atoms with Gasteiger partial charge >= 0.3 is 0 Å². The van der Waals surface area contributed by atoms with Gasteiger partial charge in [-0.3, -0.25) is 0 Å². The molecular weight excluding hydrogens is 208 g/mol. The molecule has 2 bridgehead atoms.